The Balaban J connectivity index is 1.46. The quantitative estimate of drug-likeness (QED) is 0.252. The van der Waals surface area contributed by atoms with Gasteiger partial charge in [0.2, 0.25) is 0 Å². The maximum Gasteiger partial charge on any atom is 0.265 e. The molecule has 0 atom stereocenters. The molecule has 1 aliphatic rings. The first-order valence-corrected chi connectivity index (χ1v) is 12.5. The molecule has 0 N–H and O–H groups in total. The molecule has 2 heterocycles. The van der Waals surface area contributed by atoms with E-state index < -0.39 is 0 Å². The van der Waals surface area contributed by atoms with E-state index in [-0.39, 0.29) is 18.3 Å². The Morgan fingerprint density at radius 2 is 1.42 bits per heavy atom. The van der Waals surface area contributed by atoms with Crippen molar-refractivity contribution in [3.63, 3.8) is 0 Å². The molecule has 0 spiro atoms. The number of ether oxygens (including phenoxy) is 1. The smallest absolute Gasteiger partial charge is 0.265 e. The molecule has 0 radical (unpaired) electrons. The number of rotatable bonds is 5. The van der Waals surface area contributed by atoms with Crippen molar-refractivity contribution in [2.45, 2.75) is 13.5 Å². The van der Waals surface area contributed by atoms with Crippen molar-refractivity contribution < 1.29 is 13.9 Å². The minimum absolute atomic E-state index is 0.00898. The van der Waals surface area contributed by atoms with Gasteiger partial charge in [-0.05, 0) is 66.1 Å². The van der Waals surface area contributed by atoms with Gasteiger partial charge in [0.25, 0.3) is 5.91 Å². The number of carbonyl (C=O) groups excluding carboxylic acids is 1. The number of halogens is 1. The predicted molar refractivity (Wildman–Crippen MR) is 148 cm³/mol. The van der Waals surface area contributed by atoms with Crippen LogP contribution in [0.25, 0.3) is 33.6 Å². The molecule has 0 saturated carbocycles. The second-order valence-corrected chi connectivity index (χ2v) is 9.44. The van der Waals surface area contributed by atoms with Gasteiger partial charge in [-0.3, -0.25) is 4.79 Å². The van der Waals surface area contributed by atoms with Gasteiger partial charge in [-0.25, -0.2) is 9.37 Å². The molecule has 4 aromatic carbocycles. The van der Waals surface area contributed by atoms with Crippen molar-refractivity contribution >= 4 is 11.6 Å². The van der Waals surface area contributed by atoms with E-state index in [9.17, 15) is 9.18 Å². The van der Waals surface area contributed by atoms with Gasteiger partial charge in [0.05, 0.1) is 23.6 Å². The second kappa shape index (κ2) is 9.94. The minimum Gasteiger partial charge on any atom is -0.482 e. The van der Waals surface area contributed by atoms with Gasteiger partial charge >= 0.3 is 0 Å². The van der Waals surface area contributed by atoms with Gasteiger partial charge in [0.1, 0.15) is 11.6 Å². The van der Waals surface area contributed by atoms with E-state index in [1.54, 1.807) is 17.0 Å². The Morgan fingerprint density at radius 1 is 0.763 bits per heavy atom. The van der Waals surface area contributed by atoms with Crippen LogP contribution in [0, 0.1) is 12.7 Å². The van der Waals surface area contributed by atoms with Gasteiger partial charge < -0.3 is 9.64 Å². The fourth-order valence-electron chi connectivity index (χ4n) is 4.66. The zero-order valence-electron chi connectivity index (χ0n) is 20.9. The van der Waals surface area contributed by atoms with Crippen LogP contribution in [0.3, 0.4) is 0 Å². The molecule has 1 aliphatic heterocycles. The highest BCUT2D eigenvalue weighted by Crippen LogP contribution is 2.38. The SMILES string of the molecule is Cc1ccc(-c2cc(-c3ccc(F)cc3)cc(-c3ccc4c(c3)N(Cc3ccccc3)C(=O)CO4)n2)cc1. The summed E-state index contributed by atoms with van der Waals surface area (Å²) in [6.45, 7) is 2.52. The van der Waals surface area contributed by atoms with Crippen LogP contribution >= 0.6 is 0 Å². The summed E-state index contributed by atoms with van der Waals surface area (Å²) in [6.07, 6.45) is 0. The van der Waals surface area contributed by atoms with Crippen molar-refractivity contribution in [2.24, 2.45) is 0 Å². The number of anilines is 1. The highest BCUT2D eigenvalue weighted by atomic mass is 19.1. The lowest BCUT2D eigenvalue weighted by molar-refractivity contribution is -0.121. The van der Waals surface area contributed by atoms with Gasteiger partial charge in [-0.2, -0.15) is 0 Å². The molecule has 38 heavy (non-hydrogen) atoms. The number of aromatic nitrogens is 1. The fraction of sp³-hybridized carbons (Fsp3) is 0.0909. The largest absolute Gasteiger partial charge is 0.482 e. The first-order chi connectivity index (χ1) is 18.5. The Hall–Kier alpha value is -4.77. The maximum absolute atomic E-state index is 13.7. The lowest BCUT2D eigenvalue weighted by atomic mass is 9.99. The lowest BCUT2D eigenvalue weighted by Gasteiger charge is -2.30. The molecule has 1 aromatic heterocycles. The number of amides is 1. The van der Waals surface area contributed by atoms with E-state index >= 15 is 0 Å². The molecule has 5 heteroatoms. The van der Waals surface area contributed by atoms with E-state index in [0.29, 0.717) is 18.0 Å². The summed E-state index contributed by atoms with van der Waals surface area (Å²) in [6, 6.07) is 34.4. The van der Waals surface area contributed by atoms with Crippen molar-refractivity contribution in [3.8, 4) is 39.4 Å². The summed E-state index contributed by atoms with van der Waals surface area (Å²) in [5.74, 6) is 0.296. The van der Waals surface area contributed by atoms with Crippen LogP contribution in [0.2, 0.25) is 0 Å². The van der Waals surface area contributed by atoms with Crippen LogP contribution < -0.4 is 9.64 Å². The van der Waals surface area contributed by atoms with Crippen molar-refractivity contribution in [3.05, 3.63) is 126 Å². The standard InChI is InChI=1S/C33H25FN2O2/c1-22-7-9-25(10-8-22)29-17-27(24-11-14-28(34)15-12-24)18-30(35-29)26-13-16-32-31(19-26)36(33(37)21-38-32)20-23-5-3-2-4-6-23/h2-19H,20-21H2,1H3. The van der Waals surface area contributed by atoms with E-state index in [1.165, 1.54) is 17.7 Å². The molecule has 0 aliphatic carbocycles. The zero-order valence-corrected chi connectivity index (χ0v) is 20.9. The Morgan fingerprint density at radius 3 is 2.16 bits per heavy atom. The summed E-state index contributed by atoms with van der Waals surface area (Å²) in [7, 11) is 0. The van der Waals surface area contributed by atoms with E-state index in [1.807, 2.05) is 60.7 Å². The zero-order chi connectivity index (χ0) is 26.1. The lowest BCUT2D eigenvalue weighted by Crippen LogP contribution is -2.38. The number of hydrogen-bond donors (Lipinski definition) is 0. The van der Waals surface area contributed by atoms with Crippen LogP contribution in [-0.4, -0.2) is 17.5 Å². The Labute approximate surface area is 221 Å². The molecule has 0 saturated heterocycles. The Kier molecular flexibility index (Phi) is 6.18. The number of aryl methyl sites for hydroxylation is 1. The van der Waals surface area contributed by atoms with Crippen molar-refractivity contribution in [1.82, 2.24) is 4.98 Å². The Bertz CT molecular complexity index is 1550. The van der Waals surface area contributed by atoms with Gasteiger partial charge in [-0.15, -0.1) is 0 Å². The number of carbonyl (C=O) groups is 1. The molecule has 6 rings (SSSR count). The average Bonchev–Trinajstić information content (AvgIpc) is 2.95. The normalized spacial score (nSPS) is 12.7. The van der Waals surface area contributed by atoms with Gasteiger partial charge in [-0.1, -0.05) is 72.3 Å². The molecule has 0 unspecified atom stereocenters. The van der Waals surface area contributed by atoms with Crippen LogP contribution in [0.4, 0.5) is 10.1 Å². The minimum atomic E-state index is -0.278. The molecule has 5 aromatic rings. The second-order valence-electron chi connectivity index (χ2n) is 9.44. The summed E-state index contributed by atoms with van der Waals surface area (Å²) in [5, 5.41) is 0. The van der Waals surface area contributed by atoms with Crippen molar-refractivity contribution in [2.75, 3.05) is 11.5 Å². The highest BCUT2D eigenvalue weighted by Gasteiger charge is 2.26. The maximum atomic E-state index is 13.7. The summed E-state index contributed by atoms with van der Waals surface area (Å²) in [4.78, 5) is 19.7. The summed E-state index contributed by atoms with van der Waals surface area (Å²) >= 11 is 0. The molecular formula is C33H25FN2O2. The number of hydrogen-bond acceptors (Lipinski definition) is 3. The molecule has 186 valence electrons. The third-order valence-electron chi connectivity index (χ3n) is 6.73. The van der Waals surface area contributed by atoms with E-state index in [2.05, 4.69) is 31.2 Å². The first-order valence-electron chi connectivity index (χ1n) is 12.5. The number of nitrogens with zero attached hydrogens (tertiary/aromatic N) is 2. The average molecular weight is 501 g/mol. The molecule has 0 bridgehead atoms. The van der Waals surface area contributed by atoms with Crippen LogP contribution in [0.1, 0.15) is 11.1 Å². The molecule has 4 nitrogen and oxygen atoms in total. The van der Waals surface area contributed by atoms with Crippen LogP contribution in [-0.2, 0) is 11.3 Å². The van der Waals surface area contributed by atoms with Crippen molar-refractivity contribution in [1.29, 1.82) is 0 Å². The van der Waals surface area contributed by atoms with Crippen LogP contribution in [0.15, 0.2) is 109 Å². The topological polar surface area (TPSA) is 42.4 Å². The summed E-state index contributed by atoms with van der Waals surface area (Å²) < 4.78 is 19.4. The predicted octanol–water partition coefficient (Wildman–Crippen LogP) is 7.46. The van der Waals surface area contributed by atoms with Gasteiger partial charge in [0.15, 0.2) is 6.61 Å². The van der Waals surface area contributed by atoms with Gasteiger partial charge in [0, 0.05) is 11.1 Å². The first kappa shape index (κ1) is 23.6. The monoisotopic (exact) mass is 500 g/mol. The number of benzene rings is 4. The number of pyridine rings is 1. The molecule has 0 fully saturated rings. The third kappa shape index (κ3) is 4.78. The van der Waals surface area contributed by atoms with E-state index in [4.69, 9.17) is 9.72 Å². The molecule has 1 amide bonds. The third-order valence-corrected chi connectivity index (χ3v) is 6.73. The van der Waals surface area contributed by atoms with E-state index in [0.717, 1.165) is 39.2 Å². The summed E-state index contributed by atoms with van der Waals surface area (Å²) in [5.41, 5.74) is 8.16. The fourth-order valence-corrected chi connectivity index (χ4v) is 4.66. The highest BCUT2D eigenvalue weighted by molar-refractivity contribution is 5.98. The molecular weight excluding hydrogens is 475 g/mol. The van der Waals surface area contributed by atoms with Crippen LogP contribution in [0.5, 0.6) is 5.75 Å². The number of fused-ring (bicyclic) bond motifs is 1.